The number of amides is 1. The van der Waals surface area contributed by atoms with Gasteiger partial charge in [0.1, 0.15) is 17.6 Å². The van der Waals surface area contributed by atoms with Crippen molar-refractivity contribution in [1.82, 2.24) is 14.5 Å². The summed E-state index contributed by atoms with van der Waals surface area (Å²) in [7, 11) is 0. The summed E-state index contributed by atoms with van der Waals surface area (Å²) in [6.07, 6.45) is 0.598. The molecule has 7 heteroatoms. The van der Waals surface area contributed by atoms with Crippen LogP contribution in [0.2, 0.25) is 0 Å². The SMILES string of the molecule is Cc1ccc(C(=O)N(CCCN)C(c2nc(=O)c(C)c(C#N)n2Cc2ccccc2)C(C)C)cc1. The van der Waals surface area contributed by atoms with Crippen LogP contribution in [0.3, 0.4) is 0 Å². The molecule has 0 spiro atoms. The second-order valence-corrected chi connectivity index (χ2v) is 9.13. The van der Waals surface area contributed by atoms with Crippen molar-refractivity contribution in [2.45, 2.75) is 46.7 Å². The average Bonchev–Trinajstić information content (AvgIpc) is 2.85. The Labute approximate surface area is 206 Å². The van der Waals surface area contributed by atoms with E-state index in [1.807, 2.05) is 75.4 Å². The molecular weight excluding hydrogens is 438 g/mol. The average molecular weight is 472 g/mol. The molecule has 0 aliphatic rings. The van der Waals surface area contributed by atoms with Crippen LogP contribution in [-0.2, 0) is 6.54 Å². The molecule has 2 N–H and O–H groups in total. The minimum atomic E-state index is -0.528. The molecule has 0 radical (unpaired) electrons. The summed E-state index contributed by atoms with van der Waals surface area (Å²) in [6, 6.07) is 18.8. The van der Waals surface area contributed by atoms with Gasteiger partial charge >= 0.3 is 0 Å². The van der Waals surface area contributed by atoms with Crippen molar-refractivity contribution in [1.29, 1.82) is 5.26 Å². The van der Waals surface area contributed by atoms with Crippen LogP contribution in [0, 0.1) is 31.1 Å². The lowest BCUT2D eigenvalue weighted by atomic mass is 9.98. The first-order valence-corrected chi connectivity index (χ1v) is 11.9. The maximum absolute atomic E-state index is 13.8. The van der Waals surface area contributed by atoms with Crippen molar-refractivity contribution in [3.05, 3.63) is 98.7 Å². The molecule has 1 atom stereocenters. The molecule has 0 aliphatic heterocycles. The van der Waals surface area contributed by atoms with Gasteiger partial charge in [-0.15, -0.1) is 0 Å². The van der Waals surface area contributed by atoms with Crippen LogP contribution in [0.1, 0.15) is 64.9 Å². The van der Waals surface area contributed by atoms with Crippen molar-refractivity contribution >= 4 is 5.91 Å². The summed E-state index contributed by atoms with van der Waals surface area (Å²) >= 11 is 0. The molecule has 0 aliphatic carbocycles. The van der Waals surface area contributed by atoms with E-state index in [-0.39, 0.29) is 17.5 Å². The predicted octanol–water partition coefficient (Wildman–Crippen LogP) is 3.97. The monoisotopic (exact) mass is 471 g/mol. The molecule has 35 heavy (non-hydrogen) atoms. The molecule has 1 amide bonds. The zero-order chi connectivity index (χ0) is 25.5. The van der Waals surface area contributed by atoms with E-state index < -0.39 is 11.6 Å². The van der Waals surface area contributed by atoms with Gasteiger partial charge in [0.25, 0.3) is 11.5 Å². The molecule has 3 aromatic rings. The maximum atomic E-state index is 13.8. The molecule has 1 heterocycles. The third-order valence-corrected chi connectivity index (χ3v) is 6.12. The normalized spacial score (nSPS) is 11.8. The highest BCUT2D eigenvalue weighted by atomic mass is 16.2. The Morgan fingerprint density at radius 2 is 1.77 bits per heavy atom. The molecule has 7 nitrogen and oxygen atoms in total. The number of carbonyl (C=O) groups excluding carboxylic acids is 1. The number of aryl methyl sites for hydroxylation is 1. The van der Waals surface area contributed by atoms with Crippen molar-refractivity contribution < 1.29 is 4.79 Å². The van der Waals surface area contributed by atoms with Crippen LogP contribution < -0.4 is 11.3 Å². The van der Waals surface area contributed by atoms with Gasteiger partial charge in [0.2, 0.25) is 0 Å². The Morgan fingerprint density at radius 3 is 2.34 bits per heavy atom. The van der Waals surface area contributed by atoms with Gasteiger partial charge in [0, 0.05) is 12.1 Å². The van der Waals surface area contributed by atoms with Gasteiger partial charge in [-0.2, -0.15) is 10.2 Å². The molecule has 0 fully saturated rings. The molecule has 182 valence electrons. The van der Waals surface area contributed by atoms with Gasteiger partial charge in [-0.3, -0.25) is 9.59 Å². The van der Waals surface area contributed by atoms with E-state index in [9.17, 15) is 14.9 Å². The zero-order valence-electron chi connectivity index (χ0n) is 20.9. The highest BCUT2D eigenvalue weighted by Crippen LogP contribution is 2.30. The van der Waals surface area contributed by atoms with Gasteiger partial charge in [-0.25, -0.2) is 0 Å². The number of nitrogens with two attached hydrogens (primary N) is 1. The topological polar surface area (TPSA) is 105 Å². The Balaban J connectivity index is 2.22. The third kappa shape index (κ3) is 5.84. The predicted molar refractivity (Wildman–Crippen MR) is 137 cm³/mol. The molecule has 0 saturated heterocycles. The molecule has 1 aromatic heterocycles. The van der Waals surface area contributed by atoms with E-state index in [0.29, 0.717) is 43.0 Å². The number of hydrogen-bond donors (Lipinski definition) is 1. The summed E-state index contributed by atoms with van der Waals surface area (Å²) < 4.78 is 1.79. The molecule has 0 saturated carbocycles. The maximum Gasteiger partial charge on any atom is 0.277 e. The lowest BCUT2D eigenvalue weighted by Crippen LogP contribution is -2.42. The molecule has 0 bridgehead atoms. The summed E-state index contributed by atoms with van der Waals surface area (Å²) in [4.78, 5) is 32.8. The zero-order valence-corrected chi connectivity index (χ0v) is 20.9. The van der Waals surface area contributed by atoms with E-state index in [2.05, 4.69) is 11.1 Å². The van der Waals surface area contributed by atoms with Crippen LogP contribution in [0.25, 0.3) is 0 Å². The van der Waals surface area contributed by atoms with Crippen LogP contribution >= 0.6 is 0 Å². The second kappa shape index (κ2) is 11.6. The number of hydrogen-bond acceptors (Lipinski definition) is 5. The van der Waals surface area contributed by atoms with Gasteiger partial charge in [0.05, 0.1) is 18.2 Å². The fraction of sp³-hybridized carbons (Fsp3) is 0.357. The second-order valence-electron chi connectivity index (χ2n) is 9.13. The Kier molecular flexibility index (Phi) is 8.56. The summed E-state index contributed by atoms with van der Waals surface area (Å²) in [5, 5.41) is 10.0. The van der Waals surface area contributed by atoms with Crippen LogP contribution in [0.4, 0.5) is 0 Å². The number of aromatic nitrogens is 2. The fourth-order valence-electron chi connectivity index (χ4n) is 4.25. The van der Waals surface area contributed by atoms with Gasteiger partial charge < -0.3 is 15.2 Å². The van der Waals surface area contributed by atoms with Crippen LogP contribution in [0.5, 0.6) is 0 Å². The largest absolute Gasteiger partial charge is 0.330 e. The number of nitriles is 1. The third-order valence-electron chi connectivity index (χ3n) is 6.12. The van der Waals surface area contributed by atoms with Gasteiger partial charge in [0.15, 0.2) is 0 Å². The van der Waals surface area contributed by atoms with Crippen molar-refractivity contribution in [3.8, 4) is 6.07 Å². The number of benzene rings is 2. The van der Waals surface area contributed by atoms with Crippen LogP contribution in [-0.4, -0.2) is 33.4 Å². The van der Waals surface area contributed by atoms with Crippen LogP contribution in [0.15, 0.2) is 59.4 Å². The van der Waals surface area contributed by atoms with E-state index in [0.717, 1.165) is 11.1 Å². The van der Waals surface area contributed by atoms with E-state index in [1.165, 1.54) is 0 Å². The number of nitrogens with zero attached hydrogens (tertiary/aromatic N) is 4. The molecule has 3 rings (SSSR count). The number of carbonyl (C=O) groups is 1. The number of rotatable bonds is 9. The molecular formula is C28H33N5O2. The molecule has 1 unspecified atom stereocenters. The first-order valence-electron chi connectivity index (χ1n) is 11.9. The lowest BCUT2D eigenvalue weighted by Gasteiger charge is -2.36. The smallest absolute Gasteiger partial charge is 0.277 e. The standard InChI is InChI=1S/C28H33N5O2/c1-19(2)25(32(16-8-15-29)28(35)23-13-11-20(3)12-14-23)26-31-27(34)21(4)24(17-30)33(26)18-22-9-6-5-7-10-22/h5-7,9-14,19,25H,8,15-16,18,29H2,1-4H3. The van der Waals surface area contributed by atoms with E-state index >= 15 is 0 Å². The minimum Gasteiger partial charge on any atom is -0.330 e. The summed E-state index contributed by atoms with van der Waals surface area (Å²) in [5.41, 5.74) is 8.52. The van der Waals surface area contributed by atoms with E-state index in [4.69, 9.17) is 5.73 Å². The highest BCUT2D eigenvalue weighted by molar-refractivity contribution is 5.94. The van der Waals surface area contributed by atoms with Crippen molar-refractivity contribution in [2.24, 2.45) is 11.7 Å². The minimum absolute atomic E-state index is 0.0784. The Bertz CT molecular complexity index is 1260. The fourth-order valence-corrected chi connectivity index (χ4v) is 4.25. The van der Waals surface area contributed by atoms with Crippen molar-refractivity contribution in [3.63, 3.8) is 0 Å². The highest BCUT2D eigenvalue weighted by Gasteiger charge is 2.33. The van der Waals surface area contributed by atoms with E-state index in [1.54, 1.807) is 16.4 Å². The molecule has 2 aromatic carbocycles. The lowest BCUT2D eigenvalue weighted by molar-refractivity contribution is 0.0602. The van der Waals surface area contributed by atoms with Crippen molar-refractivity contribution in [2.75, 3.05) is 13.1 Å². The summed E-state index contributed by atoms with van der Waals surface area (Å²) in [6.45, 7) is 8.76. The Morgan fingerprint density at radius 1 is 1.11 bits per heavy atom. The first-order chi connectivity index (χ1) is 16.8. The Hall–Kier alpha value is -3.76. The quantitative estimate of drug-likeness (QED) is 0.508. The first kappa shape index (κ1) is 25.9. The summed E-state index contributed by atoms with van der Waals surface area (Å²) in [5.74, 6) is 0.176. The van der Waals surface area contributed by atoms with Gasteiger partial charge in [-0.1, -0.05) is 61.9 Å². The van der Waals surface area contributed by atoms with Gasteiger partial charge in [-0.05, 0) is 50.4 Å².